The van der Waals surface area contributed by atoms with Gasteiger partial charge in [0.05, 0.1) is 6.20 Å². The third kappa shape index (κ3) is 2.13. The number of rotatable bonds is 4. The number of hydrogen-bond acceptors (Lipinski definition) is 3. The van der Waals surface area contributed by atoms with Crippen molar-refractivity contribution >= 4 is 0 Å². The zero-order valence-electron chi connectivity index (χ0n) is 7.20. The Bertz CT molecular complexity index is 233. The largest absolute Gasteiger partial charge is 0.313 e. The molecule has 0 radical (unpaired) electrons. The van der Waals surface area contributed by atoms with Crippen LogP contribution in [0.15, 0.2) is 31.1 Å². The van der Waals surface area contributed by atoms with Crippen molar-refractivity contribution < 1.29 is 0 Å². The van der Waals surface area contributed by atoms with Crippen LogP contribution in [-0.2, 0) is 0 Å². The highest BCUT2D eigenvalue weighted by atomic mass is 15.1. The second-order valence-electron chi connectivity index (χ2n) is 2.54. The SMILES string of the molecule is C=CCC(NC)c1ccnnc1. The van der Waals surface area contributed by atoms with Crippen molar-refractivity contribution in [1.29, 1.82) is 0 Å². The fourth-order valence-corrected chi connectivity index (χ4v) is 1.09. The minimum absolute atomic E-state index is 0.304. The fraction of sp³-hybridized carbons (Fsp3) is 0.333. The van der Waals surface area contributed by atoms with E-state index in [0.717, 1.165) is 12.0 Å². The zero-order chi connectivity index (χ0) is 8.81. The molecule has 0 aliphatic rings. The van der Waals surface area contributed by atoms with Gasteiger partial charge in [-0.15, -0.1) is 6.58 Å². The standard InChI is InChI=1S/C9H13N3/c1-3-4-9(10-2)8-5-6-11-12-7-8/h3,5-7,9-10H,1,4H2,2H3. The molecular formula is C9H13N3. The van der Waals surface area contributed by atoms with Gasteiger partial charge in [-0.25, -0.2) is 0 Å². The number of hydrogen-bond donors (Lipinski definition) is 1. The third-order valence-electron chi connectivity index (χ3n) is 1.76. The zero-order valence-corrected chi connectivity index (χ0v) is 7.20. The van der Waals surface area contributed by atoms with Crippen LogP contribution >= 0.6 is 0 Å². The van der Waals surface area contributed by atoms with Gasteiger partial charge in [0.15, 0.2) is 0 Å². The molecule has 0 saturated carbocycles. The molecule has 0 spiro atoms. The molecule has 1 N–H and O–H groups in total. The Hall–Kier alpha value is -1.22. The van der Waals surface area contributed by atoms with E-state index < -0.39 is 0 Å². The van der Waals surface area contributed by atoms with Crippen molar-refractivity contribution in [1.82, 2.24) is 15.5 Å². The molecule has 1 rings (SSSR count). The molecule has 1 aromatic heterocycles. The molecule has 3 heteroatoms. The summed E-state index contributed by atoms with van der Waals surface area (Å²) in [6, 6.07) is 2.26. The maximum Gasteiger partial charge on any atom is 0.0544 e. The lowest BCUT2D eigenvalue weighted by molar-refractivity contribution is 0.599. The third-order valence-corrected chi connectivity index (χ3v) is 1.76. The summed E-state index contributed by atoms with van der Waals surface area (Å²) in [5, 5.41) is 10.7. The van der Waals surface area contributed by atoms with Crippen LogP contribution in [0.25, 0.3) is 0 Å². The van der Waals surface area contributed by atoms with Crippen molar-refractivity contribution in [2.45, 2.75) is 12.5 Å². The summed E-state index contributed by atoms with van der Waals surface area (Å²) in [5.74, 6) is 0. The molecule has 0 aliphatic carbocycles. The Morgan fingerprint density at radius 1 is 1.67 bits per heavy atom. The summed E-state index contributed by atoms with van der Waals surface area (Å²) in [6.07, 6.45) is 6.26. The van der Waals surface area contributed by atoms with E-state index in [-0.39, 0.29) is 0 Å². The van der Waals surface area contributed by atoms with E-state index in [1.54, 1.807) is 12.4 Å². The second kappa shape index (κ2) is 4.62. The molecular weight excluding hydrogens is 150 g/mol. The van der Waals surface area contributed by atoms with Crippen LogP contribution in [0.2, 0.25) is 0 Å². The first-order valence-corrected chi connectivity index (χ1v) is 3.93. The van der Waals surface area contributed by atoms with E-state index in [1.165, 1.54) is 0 Å². The number of aromatic nitrogens is 2. The van der Waals surface area contributed by atoms with Gasteiger partial charge in [-0.2, -0.15) is 10.2 Å². The first kappa shape index (κ1) is 8.87. The van der Waals surface area contributed by atoms with Crippen LogP contribution in [0, 0.1) is 0 Å². The van der Waals surface area contributed by atoms with E-state index in [4.69, 9.17) is 0 Å². The average molecular weight is 163 g/mol. The molecule has 0 saturated heterocycles. The Balaban J connectivity index is 2.72. The van der Waals surface area contributed by atoms with Crippen LogP contribution in [0.4, 0.5) is 0 Å². The van der Waals surface area contributed by atoms with Crippen LogP contribution in [0.5, 0.6) is 0 Å². The highest BCUT2D eigenvalue weighted by molar-refractivity contribution is 5.12. The van der Waals surface area contributed by atoms with Gasteiger partial charge in [-0.05, 0) is 25.1 Å². The molecule has 3 nitrogen and oxygen atoms in total. The van der Waals surface area contributed by atoms with Gasteiger partial charge < -0.3 is 5.32 Å². The molecule has 1 heterocycles. The monoisotopic (exact) mass is 163 g/mol. The molecule has 12 heavy (non-hydrogen) atoms. The predicted octanol–water partition coefficient (Wildman–Crippen LogP) is 1.31. The molecule has 0 amide bonds. The molecule has 1 aromatic rings. The van der Waals surface area contributed by atoms with Gasteiger partial charge in [0.25, 0.3) is 0 Å². The quantitative estimate of drug-likeness (QED) is 0.680. The molecule has 0 aliphatic heterocycles. The molecule has 0 aromatic carbocycles. The van der Waals surface area contributed by atoms with E-state index in [0.29, 0.717) is 6.04 Å². The fourth-order valence-electron chi connectivity index (χ4n) is 1.09. The minimum Gasteiger partial charge on any atom is -0.313 e. The van der Waals surface area contributed by atoms with Crippen molar-refractivity contribution in [3.05, 3.63) is 36.7 Å². The van der Waals surface area contributed by atoms with Gasteiger partial charge in [0.1, 0.15) is 0 Å². The number of nitrogens with zero attached hydrogens (tertiary/aromatic N) is 2. The van der Waals surface area contributed by atoms with Gasteiger partial charge in [-0.1, -0.05) is 6.08 Å². The first-order chi connectivity index (χ1) is 5.88. The molecule has 1 unspecified atom stereocenters. The highest BCUT2D eigenvalue weighted by Gasteiger charge is 2.05. The smallest absolute Gasteiger partial charge is 0.0544 e. The van der Waals surface area contributed by atoms with Crippen molar-refractivity contribution in [3.8, 4) is 0 Å². The van der Waals surface area contributed by atoms with Gasteiger partial charge in [-0.3, -0.25) is 0 Å². The maximum absolute atomic E-state index is 3.81. The Labute approximate surface area is 72.5 Å². The first-order valence-electron chi connectivity index (χ1n) is 3.93. The average Bonchev–Trinajstić information content (AvgIpc) is 2.15. The molecule has 64 valence electrons. The number of nitrogens with one attached hydrogen (secondary N) is 1. The van der Waals surface area contributed by atoms with E-state index in [1.807, 2.05) is 19.2 Å². The summed E-state index contributed by atoms with van der Waals surface area (Å²) >= 11 is 0. The van der Waals surface area contributed by atoms with E-state index >= 15 is 0 Å². The van der Waals surface area contributed by atoms with E-state index in [2.05, 4.69) is 22.1 Å². The Kier molecular flexibility index (Phi) is 3.41. The molecule has 0 bridgehead atoms. The Morgan fingerprint density at radius 2 is 2.50 bits per heavy atom. The maximum atomic E-state index is 3.81. The lowest BCUT2D eigenvalue weighted by Crippen LogP contribution is -2.15. The predicted molar refractivity (Wildman–Crippen MR) is 48.6 cm³/mol. The normalized spacial score (nSPS) is 12.4. The van der Waals surface area contributed by atoms with Crippen molar-refractivity contribution in [2.75, 3.05) is 7.05 Å². The van der Waals surface area contributed by atoms with Gasteiger partial charge in [0, 0.05) is 12.2 Å². The van der Waals surface area contributed by atoms with E-state index in [9.17, 15) is 0 Å². The second-order valence-corrected chi connectivity index (χ2v) is 2.54. The van der Waals surface area contributed by atoms with Gasteiger partial charge >= 0.3 is 0 Å². The minimum atomic E-state index is 0.304. The molecule has 0 fully saturated rings. The van der Waals surface area contributed by atoms with Crippen LogP contribution in [-0.4, -0.2) is 17.2 Å². The van der Waals surface area contributed by atoms with Crippen LogP contribution < -0.4 is 5.32 Å². The summed E-state index contributed by atoms with van der Waals surface area (Å²) in [5.41, 5.74) is 1.15. The topological polar surface area (TPSA) is 37.8 Å². The highest BCUT2D eigenvalue weighted by Crippen LogP contribution is 2.13. The van der Waals surface area contributed by atoms with Crippen LogP contribution in [0.1, 0.15) is 18.0 Å². The van der Waals surface area contributed by atoms with Gasteiger partial charge in [0.2, 0.25) is 0 Å². The summed E-state index contributed by atoms with van der Waals surface area (Å²) < 4.78 is 0. The lowest BCUT2D eigenvalue weighted by atomic mass is 10.1. The summed E-state index contributed by atoms with van der Waals surface area (Å²) in [7, 11) is 1.93. The lowest BCUT2D eigenvalue weighted by Gasteiger charge is -2.12. The van der Waals surface area contributed by atoms with Crippen molar-refractivity contribution in [2.24, 2.45) is 0 Å². The van der Waals surface area contributed by atoms with Crippen LogP contribution in [0.3, 0.4) is 0 Å². The summed E-state index contributed by atoms with van der Waals surface area (Å²) in [4.78, 5) is 0. The molecule has 1 atom stereocenters. The summed E-state index contributed by atoms with van der Waals surface area (Å²) in [6.45, 7) is 3.70. The van der Waals surface area contributed by atoms with Crippen molar-refractivity contribution in [3.63, 3.8) is 0 Å². The Morgan fingerprint density at radius 3 is 3.00 bits per heavy atom.